The first-order valence-corrected chi connectivity index (χ1v) is 15.6. The number of unbranched alkanes of at least 4 members (excludes halogenated alkanes) is 2. The van der Waals surface area contributed by atoms with Gasteiger partial charge in [0.15, 0.2) is 0 Å². The highest BCUT2D eigenvalue weighted by Crippen LogP contribution is 2.37. The number of esters is 1. The lowest BCUT2D eigenvalue weighted by molar-refractivity contribution is -0.699. The second-order valence-electron chi connectivity index (χ2n) is 12.7. The lowest BCUT2D eigenvalue weighted by Gasteiger charge is -2.40. The number of amides is 1. The maximum Gasteiger partial charge on any atom is 0.302 e. The molecule has 2 saturated heterocycles. The van der Waals surface area contributed by atoms with Crippen molar-refractivity contribution in [2.24, 2.45) is 29.4 Å². The van der Waals surface area contributed by atoms with Gasteiger partial charge < -0.3 is 29.9 Å². The number of carbonyl (C=O) groups excluding carboxylic acids is 2. The maximum absolute atomic E-state index is 12.9. The minimum absolute atomic E-state index is 0.0408. The van der Waals surface area contributed by atoms with E-state index < -0.39 is 12.2 Å². The molecule has 9 heteroatoms. The number of likely N-dealkylation sites (tertiary alicyclic amines) is 1. The molecule has 0 bridgehead atoms. The van der Waals surface area contributed by atoms with Crippen LogP contribution in [0.3, 0.4) is 0 Å². The Balaban J connectivity index is 1.52. The molecule has 1 amide bonds. The highest BCUT2D eigenvalue weighted by Gasteiger charge is 2.41. The Hall–Kier alpha value is -1.26. The summed E-state index contributed by atoms with van der Waals surface area (Å²) < 4.78 is 11.3. The zero-order valence-corrected chi connectivity index (χ0v) is 24.6. The number of hydrogen-bond donors (Lipinski definition) is 4. The molecule has 2 heterocycles. The minimum Gasteiger partial charge on any atom is -0.462 e. The summed E-state index contributed by atoms with van der Waals surface area (Å²) in [5.41, 5.74) is 6.14. The van der Waals surface area contributed by atoms with Crippen molar-refractivity contribution in [1.29, 1.82) is 0 Å². The summed E-state index contributed by atoms with van der Waals surface area (Å²) in [6.07, 6.45) is 9.81. The zero-order chi connectivity index (χ0) is 28.4. The number of nitrogens with zero attached hydrogens (tertiary/aromatic N) is 1. The van der Waals surface area contributed by atoms with Gasteiger partial charge in [-0.25, -0.2) is 0 Å². The van der Waals surface area contributed by atoms with Crippen LogP contribution in [0.4, 0.5) is 0 Å². The van der Waals surface area contributed by atoms with Gasteiger partial charge in [-0.2, -0.15) is 0 Å². The van der Waals surface area contributed by atoms with E-state index >= 15 is 0 Å². The minimum atomic E-state index is -0.602. The fourth-order valence-electron chi connectivity index (χ4n) is 7.32. The van der Waals surface area contributed by atoms with E-state index in [1.807, 2.05) is 4.90 Å². The number of nitrogens with two attached hydrogens (primary N) is 2. The molecule has 0 spiro atoms. The van der Waals surface area contributed by atoms with E-state index in [1.165, 1.54) is 13.3 Å². The van der Waals surface area contributed by atoms with Gasteiger partial charge in [-0.15, -0.1) is 0 Å². The van der Waals surface area contributed by atoms with Crippen molar-refractivity contribution in [3.8, 4) is 0 Å². The Bertz CT molecular complexity index is 754. The molecule has 226 valence electrons. The molecule has 3 fully saturated rings. The summed E-state index contributed by atoms with van der Waals surface area (Å²) in [5, 5.41) is 23.8. The number of methoxy groups -OCH3 is 1. The molecule has 0 radical (unpaired) electrons. The van der Waals surface area contributed by atoms with Gasteiger partial charge in [0.05, 0.1) is 24.9 Å². The quantitative estimate of drug-likeness (QED) is 0.179. The molecule has 0 aromatic rings. The predicted molar refractivity (Wildman–Crippen MR) is 149 cm³/mol. The molecule has 9 nitrogen and oxygen atoms in total. The molecule has 3 aliphatic rings. The van der Waals surface area contributed by atoms with Crippen LogP contribution in [-0.2, 0) is 19.1 Å². The topological polar surface area (TPSA) is 139 Å². The SMILES string of the molecule is CCCCCC(O)CC(CCC1CC(CN2CC(CC3CC[NH2+]C(N)C3)CC2=O)C(O)C(OC)C1)OC(C)=O. The fraction of sp³-hybridized carbons (Fsp3) is 0.933. The Morgan fingerprint density at radius 3 is 2.67 bits per heavy atom. The molecule has 1 saturated carbocycles. The molecule has 9 atom stereocenters. The van der Waals surface area contributed by atoms with E-state index in [0.29, 0.717) is 43.6 Å². The Morgan fingerprint density at radius 1 is 1.18 bits per heavy atom. The van der Waals surface area contributed by atoms with E-state index in [-0.39, 0.29) is 36.2 Å². The van der Waals surface area contributed by atoms with Gasteiger partial charge in [0.2, 0.25) is 5.91 Å². The summed E-state index contributed by atoms with van der Waals surface area (Å²) >= 11 is 0. The van der Waals surface area contributed by atoms with E-state index in [1.54, 1.807) is 7.11 Å². The number of aliphatic hydroxyl groups excluding tert-OH is 2. The molecule has 1 aliphatic carbocycles. The van der Waals surface area contributed by atoms with Gasteiger partial charge in [-0.1, -0.05) is 26.2 Å². The van der Waals surface area contributed by atoms with Gasteiger partial charge in [-0.3, -0.25) is 15.3 Å². The van der Waals surface area contributed by atoms with Crippen LogP contribution in [0.15, 0.2) is 0 Å². The molecule has 6 N–H and O–H groups in total. The van der Waals surface area contributed by atoms with Gasteiger partial charge >= 0.3 is 5.97 Å². The van der Waals surface area contributed by atoms with Crippen molar-refractivity contribution in [3.05, 3.63) is 0 Å². The van der Waals surface area contributed by atoms with Crippen LogP contribution in [0.5, 0.6) is 0 Å². The van der Waals surface area contributed by atoms with Crippen molar-refractivity contribution in [2.45, 2.75) is 128 Å². The van der Waals surface area contributed by atoms with E-state index in [9.17, 15) is 19.8 Å². The van der Waals surface area contributed by atoms with Crippen LogP contribution in [0.25, 0.3) is 0 Å². The number of carbonyl (C=O) groups is 2. The number of ether oxygens (including phenoxy) is 2. The summed E-state index contributed by atoms with van der Waals surface area (Å²) in [4.78, 5) is 26.6. The van der Waals surface area contributed by atoms with Crippen LogP contribution in [0, 0.1) is 23.7 Å². The van der Waals surface area contributed by atoms with Crippen molar-refractivity contribution < 1.29 is 34.6 Å². The number of aliphatic hydroxyl groups is 2. The van der Waals surface area contributed by atoms with Crippen LogP contribution in [0.1, 0.15) is 97.3 Å². The van der Waals surface area contributed by atoms with Crippen LogP contribution in [-0.4, -0.2) is 84.3 Å². The largest absolute Gasteiger partial charge is 0.462 e. The average molecular weight is 555 g/mol. The second kappa shape index (κ2) is 16.2. The molecule has 0 aromatic heterocycles. The lowest BCUT2D eigenvalue weighted by atomic mass is 9.75. The third kappa shape index (κ3) is 10.6. The third-order valence-electron chi connectivity index (χ3n) is 9.34. The van der Waals surface area contributed by atoms with Gasteiger partial charge in [0, 0.05) is 52.3 Å². The summed E-state index contributed by atoms with van der Waals surface area (Å²) in [6.45, 7) is 5.96. The maximum atomic E-state index is 12.9. The van der Waals surface area contributed by atoms with Crippen molar-refractivity contribution in [3.63, 3.8) is 0 Å². The molecule has 9 unspecified atom stereocenters. The Kier molecular flexibility index (Phi) is 13.4. The van der Waals surface area contributed by atoms with Gasteiger partial charge in [0.1, 0.15) is 12.3 Å². The second-order valence-corrected chi connectivity index (χ2v) is 12.7. The third-order valence-corrected chi connectivity index (χ3v) is 9.34. The highest BCUT2D eigenvalue weighted by atomic mass is 16.5. The number of piperidine rings is 1. The van der Waals surface area contributed by atoms with E-state index in [2.05, 4.69) is 12.2 Å². The van der Waals surface area contributed by atoms with Crippen LogP contribution >= 0.6 is 0 Å². The smallest absolute Gasteiger partial charge is 0.302 e. The molecule has 2 aliphatic heterocycles. The Morgan fingerprint density at radius 2 is 1.97 bits per heavy atom. The number of rotatable bonds is 15. The number of hydrogen-bond acceptors (Lipinski definition) is 7. The normalized spacial score (nSPS) is 33.2. The Labute approximate surface area is 235 Å². The standard InChI is InChI=1S/C30H55N3O6/c1-4-5-6-7-25(35)17-26(39-20(2)34)9-8-21-13-24(30(37)27(14-21)38-3)19-33-18-23(16-29(33)36)12-22-10-11-32-28(31)15-22/h21-28,30,32,35,37H,4-19,31H2,1-3H3/p+1. The van der Waals surface area contributed by atoms with Crippen LogP contribution < -0.4 is 11.1 Å². The summed E-state index contributed by atoms with van der Waals surface area (Å²) in [5.74, 6) is 1.11. The lowest BCUT2D eigenvalue weighted by Crippen LogP contribution is -2.94. The van der Waals surface area contributed by atoms with Gasteiger partial charge in [-0.05, 0) is 62.7 Å². The van der Waals surface area contributed by atoms with Crippen molar-refractivity contribution in [1.82, 2.24) is 4.90 Å². The summed E-state index contributed by atoms with van der Waals surface area (Å²) in [6, 6.07) is 0. The highest BCUT2D eigenvalue weighted by molar-refractivity contribution is 5.78. The first kappa shape index (κ1) is 32.3. The fourth-order valence-corrected chi connectivity index (χ4v) is 7.32. The first-order chi connectivity index (χ1) is 18.7. The van der Waals surface area contributed by atoms with E-state index in [4.69, 9.17) is 15.2 Å². The molecular formula is C30H56N3O6+. The first-order valence-electron chi connectivity index (χ1n) is 15.6. The molecule has 3 rings (SSSR count). The van der Waals surface area contributed by atoms with Crippen molar-refractivity contribution >= 4 is 11.9 Å². The van der Waals surface area contributed by atoms with Crippen molar-refractivity contribution in [2.75, 3.05) is 26.7 Å². The van der Waals surface area contributed by atoms with Gasteiger partial charge in [0.25, 0.3) is 0 Å². The molecule has 39 heavy (non-hydrogen) atoms. The number of quaternary nitrogens is 1. The zero-order valence-electron chi connectivity index (χ0n) is 24.6. The molecular weight excluding hydrogens is 498 g/mol. The predicted octanol–water partition coefficient (Wildman–Crippen LogP) is 1.93. The molecule has 0 aromatic carbocycles. The monoisotopic (exact) mass is 554 g/mol. The summed E-state index contributed by atoms with van der Waals surface area (Å²) in [7, 11) is 1.64. The van der Waals surface area contributed by atoms with E-state index in [0.717, 1.165) is 70.9 Å². The van der Waals surface area contributed by atoms with Crippen LogP contribution in [0.2, 0.25) is 0 Å². The average Bonchev–Trinajstić information content (AvgIpc) is 3.22.